The van der Waals surface area contributed by atoms with Gasteiger partial charge in [0.1, 0.15) is 5.78 Å². The molecule has 1 amide bonds. The van der Waals surface area contributed by atoms with E-state index in [0.29, 0.717) is 18.8 Å². The first-order valence-corrected chi connectivity index (χ1v) is 4.20. The second kappa shape index (κ2) is 5.11. The number of rotatable bonds is 5. The van der Waals surface area contributed by atoms with Crippen LogP contribution in [0.2, 0.25) is 0 Å². The summed E-state index contributed by atoms with van der Waals surface area (Å²) in [6, 6.07) is 0. The van der Waals surface area contributed by atoms with Crippen LogP contribution in [0.1, 0.15) is 19.2 Å². The van der Waals surface area contributed by atoms with E-state index in [-0.39, 0.29) is 18.1 Å². The number of amides is 1. The second-order valence-corrected chi connectivity index (χ2v) is 2.83. The minimum absolute atomic E-state index is 0.0771. The molecule has 1 aromatic rings. The molecule has 0 bridgehead atoms. The Morgan fingerprint density at radius 3 is 2.93 bits per heavy atom. The summed E-state index contributed by atoms with van der Waals surface area (Å²) in [6.45, 7) is 1.78. The zero-order chi connectivity index (χ0) is 10.4. The van der Waals surface area contributed by atoms with E-state index < -0.39 is 0 Å². The lowest BCUT2D eigenvalue weighted by atomic mass is 10.3. The van der Waals surface area contributed by atoms with Crippen molar-refractivity contribution in [2.45, 2.75) is 19.8 Å². The molecule has 0 unspecified atom stereocenters. The monoisotopic (exact) mass is 197 g/mol. The third-order valence-corrected chi connectivity index (χ3v) is 1.49. The fraction of sp³-hybridized carbons (Fsp3) is 0.500. The molecule has 0 aliphatic rings. The van der Waals surface area contributed by atoms with Crippen molar-refractivity contribution in [2.75, 3.05) is 6.54 Å². The highest BCUT2D eigenvalue weighted by molar-refractivity contribution is 5.96. The van der Waals surface area contributed by atoms with Gasteiger partial charge in [0.25, 0.3) is 0 Å². The van der Waals surface area contributed by atoms with Gasteiger partial charge >= 0.3 is 0 Å². The van der Waals surface area contributed by atoms with Crippen molar-refractivity contribution in [1.29, 1.82) is 0 Å². The van der Waals surface area contributed by atoms with Crippen molar-refractivity contribution in [1.82, 2.24) is 15.5 Å². The summed E-state index contributed by atoms with van der Waals surface area (Å²) < 4.78 is 4.51. The van der Waals surface area contributed by atoms with Gasteiger partial charge in [-0.3, -0.25) is 9.59 Å². The summed E-state index contributed by atoms with van der Waals surface area (Å²) in [6.07, 6.45) is 1.65. The number of carbonyl (C=O) groups excluding carboxylic acids is 2. The average Bonchev–Trinajstić information content (AvgIpc) is 2.55. The second-order valence-electron chi connectivity index (χ2n) is 2.83. The van der Waals surface area contributed by atoms with Crippen LogP contribution in [0.15, 0.2) is 10.9 Å². The normalized spacial score (nSPS) is 9.79. The molecular formula is C8H11N3O3. The molecule has 1 heterocycles. The van der Waals surface area contributed by atoms with Crippen molar-refractivity contribution in [3.63, 3.8) is 0 Å². The Balaban J connectivity index is 2.15. The van der Waals surface area contributed by atoms with Crippen LogP contribution in [0.5, 0.6) is 0 Å². The Hall–Kier alpha value is -1.72. The molecule has 6 nitrogen and oxygen atoms in total. The molecule has 1 aromatic heterocycles. The Kier molecular flexibility index (Phi) is 3.78. The van der Waals surface area contributed by atoms with Crippen LogP contribution in [0.4, 0.5) is 0 Å². The van der Waals surface area contributed by atoms with Gasteiger partial charge in [0.15, 0.2) is 5.82 Å². The Morgan fingerprint density at radius 2 is 2.36 bits per heavy atom. The van der Waals surface area contributed by atoms with Gasteiger partial charge in [0, 0.05) is 13.0 Å². The average molecular weight is 197 g/mol. The van der Waals surface area contributed by atoms with E-state index in [1.165, 1.54) is 13.3 Å². The maximum Gasteiger partial charge on any atom is 0.227 e. The molecule has 76 valence electrons. The van der Waals surface area contributed by atoms with Gasteiger partial charge in [0.2, 0.25) is 12.3 Å². The molecule has 0 aliphatic carbocycles. The molecule has 0 aromatic carbocycles. The number of nitrogens with one attached hydrogen (secondary N) is 1. The van der Waals surface area contributed by atoms with Crippen molar-refractivity contribution in [3.8, 4) is 0 Å². The van der Waals surface area contributed by atoms with Crippen LogP contribution in [-0.2, 0) is 16.0 Å². The lowest BCUT2D eigenvalue weighted by molar-refractivity contribution is -0.127. The van der Waals surface area contributed by atoms with E-state index in [9.17, 15) is 9.59 Å². The molecule has 0 saturated heterocycles. The third-order valence-electron chi connectivity index (χ3n) is 1.49. The fourth-order valence-electron chi connectivity index (χ4n) is 0.905. The highest BCUT2D eigenvalue weighted by Crippen LogP contribution is 1.88. The molecular weight excluding hydrogens is 186 g/mol. The fourth-order valence-corrected chi connectivity index (χ4v) is 0.905. The first kappa shape index (κ1) is 10.4. The molecule has 0 spiro atoms. The van der Waals surface area contributed by atoms with Crippen molar-refractivity contribution < 1.29 is 14.1 Å². The van der Waals surface area contributed by atoms with E-state index in [0.717, 1.165) is 0 Å². The van der Waals surface area contributed by atoms with Gasteiger partial charge in [-0.2, -0.15) is 4.98 Å². The van der Waals surface area contributed by atoms with Crippen LogP contribution in [0, 0.1) is 0 Å². The summed E-state index contributed by atoms with van der Waals surface area (Å²) in [5.41, 5.74) is 0. The topological polar surface area (TPSA) is 85.1 Å². The molecule has 0 saturated carbocycles. The van der Waals surface area contributed by atoms with Crippen LogP contribution < -0.4 is 5.32 Å². The summed E-state index contributed by atoms with van der Waals surface area (Å²) in [7, 11) is 0. The maximum absolute atomic E-state index is 11.0. The number of carbonyl (C=O) groups is 2. The number of hydrogen-bond acceptors (Lipinski definition) is 5. The highest BCUT2D eigenvalue weighted by atomic mass is 16.5. The third kappa shape index (κ3) is 3.79. The molecule has 0 radical (unpaired) electrons. The lowest BCUT2D eigenvalue weighted by Crippen LogP contribution is -2.27. The number of ketones is 1. The minimum Gasteiger partial charge on any atom is -0.355 e. The number of hydrogen-bond donors (Lipinski definition) is 1. The van der Waals surface area contributed by atoms with Gasteiger partial charge in [-0.05, 0) is 6.92 Å². The Labute approximate surface area is 80.7 Å². The zero-order valence-corrected chi connectivity index (χ0v) is 7.82. The predicted molar refractivity (Wildman–Crippen MR) is 46.3 cm³/mol. The minimum atomic E-state index is -0.277. The summed E-state index contributed by atoms with van der Waals surface area (Å²) in [4.78, 5) is 25.3. The van der Waals surface area contributed by atoms with E-state index in [1.54, 1.807) is 0 Å². The standard InChI is InChI=1S/C8H11N3O3/c1-6(12)4-8(13)9-3-2-7-10-5-14-11-7/h5H,2-4H2,1H3,(H,9,13). The van der Waals surface area contributed by atoms with Gasteiger partial charge < -0.3 is 9.84 Å². The lowest BCUT2D eigenvalue weighted by Gasteiger charge is -2.00. The number of aromatic nitrogens is 2. The van der Waals surface area contributed by atoms with E-state index in [4.69, 9.17) is 0 Å². The van der Waals surface area contributed by atoms with Crippen molar-refractivity contribution in [2.24, 2.45) is 0 Å². The molecule has 0 aliphatic heterocycles. The molecule has 1 N–H and O–H groups in total. The van der Waals surface area contributed by atoms with Crippen LogP contribution in [0.3, 0.4) is 0 Å². The quantitative estimate of drug-likeness (QED) is 0.655. The van der Waals surface area contributed by atoms with Crippen LogP contribution in [0.25, 0.3) is 0 Å². The molecule has 14 heavy (non-hydrogen) atoms. The van der Waals surface area contributed by atoms with Crippen LogP contribution >= 0.6 is 0 Å². The number of Topliss-reactive ketones (excluding diaryl/α,β-unsaturated/α-hetero) is 1. The smallest absolute Gasteiger partial charge is 0.227 e. The predicted octanol–water partition coefficient (Wildman–Crippen LogP) is -0.293. The molecule has 0 atom stereocenters. The van der Waals surface area contributed by atoms with Crippen LogP contribution in [-0.4, -0.2) is 28.4 Å². The zero-order valence-electron chi connectivity index (χ0n) is 7.82. The van der Waals surface area contributed by atoms with E-state index >= 15 is 0 Å². The Bertz CT molecular complexity index is 308. The van der Waals surface area contributed by atoms with Gasteiger partial charge in [-0.15, -0.1) is 0 Å². The molecule has 0 fully saturated rings. The highest BCUT2D eigenvalue weighted by Gasteiger charge is 2.04. The van der Waals surface area contributed by atoms with E-state index in [2.05, 4.69) is 20.0 Å². The largest absolute Gasteiger partial charge is 0.355 e. The summed E-state index contributed by atoms with van der Waals surface area (Å²) in [5, 5.41) is 6.14. The SMILES string of the molecule is CC(=O)CC(=O)NCCc1ncon1. The Morgan fingerprint density at radius 1 is 1.57 bits per heavy atom. The van der Waals surface area contributed by atoms with Gasteiger partial charge in [-0.25, -0.2) is 0 Å². The van der Waals surface area contributed by atoms with Gasteiger partial charge in [0.05, 0.1) is 6.42 Å². The maximum atomic E-state index is 11.0. The van der Waals surface area contributed by atoms with Gasteiger partial charge in [-0.1, -0.05) is 5.16 Å². The first-order chi connectivity index (χ1) is 6.68. The number of nitrogens with zero attached hydrogens (tertiary/aromatic N) is 2. The van der Waals surface area contributed by atoms with Crippen molar-refractivity contribution in [3.05, 3.63) is 12.2 Å². The summed E-state index contributed by atoms with van der Waals surface area (Å²) in [5.74, 6) is 0.108. The van der Waals surface area contributed by atoms with E-state index in [1.807, 2.05) is 0 Å². The molecule has 6 heteroatoms. The first-order valence-electron chi connectivity index (χ1n) is 4.20. The summed E-state index contributed by atoms with van der Waals surface area (Å²) >= 11 is 0. The van der Waals surface area contributed by atoms with Crippen molar-refractivity contribution >= 4 is 11.7 Å². The molecule has 1 rings (SSSR count).